The highest BCUT2D eigenvalue weighted by molar-refractivity contribution is 5.89. The Bertz CT molecular complexity index is 648. The molecule has 1 heterocycles. The van der Waals surface area contributed by atoms with Crippen molar-refractivity contribution in [2.24, 2.45) is 0 Å². The molecule has 0 saturated carbocycles. The van der Waals surface area contributed by atoms with Crippen molar-refractivity contribution in [2.75, 3.05) is 32.6 Å². The van der Waals surface area contributed by atoms with E-state index in [1.807, 2.05) is 43.3 Å². The van der Waals surface area contributed by atoms with Crippen molar-refractivity contribution in [1.82, 2.24) is 9.88 Å². The first kappa shape index (κ1) is 16.6. The summed E-state index contributed by atoms with van der Waals surface area (Å²) in [6, 6.07) is 11.2. The first-order valence-corrected chi connectivity index (χ1v) is 7.28. The predicted octanol–water partition coefficient (Wildman–Crippen LogP) is 1.90. The molecular formula is C17H21N3O3. The van der Waals surface area contributed by atoms with Crippen LogP contribution < -0.4 is 4.90 Å². The van der Waals surface area contributed by atoms with Crippen molar-refractivity contribution in [3.8, 4) is 0 Å². The minimum absolute atomic E-state index is 0.249. The molecule has 0 unspecified atom stereocenters. The average molecular weight is 315 g/mol. The van der Waals surface area contributed by atoms with Crippen LogP contribution in [0.2, 0.25) is 0 Å². The number of aromatic nitrogens is 1. The molecule has 0 saturated heterocycles. The van der Waals surface area contributed by atoms with Gasteiger partial charge in [0.1, 0.15) is 5.69 Å². The molecule has 0 aliphatic rings. The van der Waals surface area contributed by atoms with Crippen LogP contribution in [-0.4, -0.2) is 49.5 Å². The van der Waals surface area contributed by atoms with E-state index in [0.717, 1.165) is 11.3 Å². The predicted molar refractivity (Wildman–Crippen MR) is 88.3 cm³/mol. The van der Waals surface area contributed by atoms with Gasteiger partial charge in [0.15, 0.2) is 6.61 Å². The number of amides is 1. The van der Waals surface area contributed by atoms with E-state index in [2.05, 4.69) is 4.98 Å². The van der Waals surface area contributed by atoms with Crippen LogP contribution in [-0.2, 0) is 16.1 Å². The molecule has 0 fully saturated rings. The molecule has 0 aliphatic carbocycles. The topological polar surface area (TPSA) is 65.6 Å². The lowest BCUT2D eigenvalue weighted by Crippen LogP contribution is -2.30. The maximum atomic E-state index is 12.0. The summed E-state index contributed by atoms with van der Waals surface area (Å²) in [5, 5.41) is 0. The Balaban J connectivity index is 1.83. The van der Waals surface area contributed by atoms with Gasteiger partial charge < -0.3 is 19.5 Å². The second kappa shape index (κ2) is 7.49. The summed E-state index contributed by atoms with van der Waals surface area (Å²) in [6.07, 6.45) is 1.63. The van der Waals surface area contributed by atoms with Crippen LogP contribution >= 0.6 is 0 Å². The highest BCUT2D eigenvalue weighted by atomic mass is 16.5. The smallest absolute Gasteiger partial charge is 0.355 e. The van der Waals surface area contributed by atoms with Crippen molar-refractivity contribution >= 4 is 17.6 Å². The molecule has 1 aromatic heterocycles. The van der Waals surface area contributed by atoms with Gasteiger partial charge in [0, 0.05) is 39.6 Å². The molecule has 0 spiro atoms. The quantitative estimate of drug-likeness (QED) is 0.827. The maximum absolute atomic E-state index is 12.0. The fraction of sp³-hybridized carbons (Fsp3) is 0.294. The lowest BCUT2D eigenvalue weighted by atomic mass is 10.2. The third-order valence-corrected chi connectivity index (χ3v) is 3.44. The van der Waals surface area contributed by atoms with Gasteiger partial charge in [0.2, 0.25) is 0 Å². The number of benzene rings is 1. The number of ether oxygens (including phenoxy) is 1. The summed E-state index contributed by atoms with van der Waals surface area (Å²) >= 11 is 0. The van der Waals surface area contributed by atoms with Gasteiger partial charge in [-0.2, -0.15) is 0 Å². The Kier molecular flexibility index (Phi) is 5.41. The van der Waals surface area contributed by atoms with Gasteiger partial charge in [-0.1, -0.05) is 12.1 Å². The average Bonchev–Trinajstić information content (AvgIpc) is 3.07. The molecule has 0 atom stereocenters. The number of nitrogens with one attached hydrogen (secondary N) is 1. The van der Waals surface area contributed by atoms with Gasteiger partial charge in [0.25, 0.3) is 5.91 Å². The van der Waals surface area contributed by atoms with Gasteiger partial charge in [-0.25, -0.2) is 4.79 Å². The van der Waals surface area contributed by atoms with E-state index in [1.54, 1.807) is 25.4 Å². The van der Waals surface area contributed by atoms with Crippen molar-refractivity contribution in [1.29, 1.82) is 0 Å². The Morgan fingerprint density at radius 1 is 1.09 bits per heavy atom. The molecule has 0 radical (unpaired) electrons. The highest BCUT2D eigenvalue weighted by Gasteiger charge is 2.14. The summed E-state index contributed by atoms with van der Waals surface area (Å²) in [6.45, 7) is 0.191. The summed E-state index contributed by atoms with van der Waals surface area (Å²) in [4.78, 5) is 30.0. The number of hydrogen-bond donors (Lipinski definition) is 1. The minimum atomic E-state index is -0.535. The van der Waals surface area contributed by atoms with E-state index in [1.165, 1.54) is 4.90 Å². The third kappa shape index (κ3) is 4.60. The number of anilines is 1. The first-order chi connectivity index (χ1) is 11.0. The van der Waals surface area contributed by atoms with Crippen molar-refractivity contribution in [2.45, 2.75) is 6.54 Å². The zero-order valence-corrected chi connectivity index (χ0v) is 13.6. The standard InChI is InChI=1S/C17H21N3O3/c1-19(2)14-8-6-13(7-9-14)11-20(3)16(21)12-23-17(22)15-5-4-10-18-15/h4-10,18H,11-12H2,1-3H3. The number of H-pyrrole nitrogens is 1. The molecule has 2 rings (SSSR count). The van der Waals surface area contributed by atoms with Crippen LogP contribution in [0.4, 0.5) is 5.69 Å². The number of carbonyl (C=O) groups excluding carboxylic acids is 2. The molecule has 6 heteroatoms. The highest BCUT2D eigenvalue weighted by Crippen LogP contribution is 2.13. The molecule has 23 heavy (non-hydrogen) atoms. The largest absolute Gasteiger partial charge is 0.451 e. The number of carbonyl (C=O) groups is 2. The molecule has 1 amide bonds. The van der Waals surface area contributed by atoms with Gasteiger partial charge in [-0.05, 0) is 29.8 Å². The van der Waals surface area contributed by atoms with Gasteiger partial charge in [0.05, 0.1) is 0 Å². The Morgan fingerprint density at radius 3 is 2.35 bits per heavy atom. The van der Waals surface area contributed by atoms with Crippen molar-refractivity contribution < 1.29 is 14.3 Å². The van der Waals surface area contributed by atoms with Crippen LogP contribution in [0.15, 0.2) is 42.6 Å². The normalized spacial score (nSPS) is 10.2. The van der Waals surface area contributed by atoms with Crippen LogP contribution in [0, 0.1) is 0 Å². The number of rotatable bonds is 6. The fourth-order valence-electron chi connectivity index (χ4n) is 2.03. The van der Waals surface area contributed by atoms with Crippen LogP contribution in [0.5, 0.6) is 0 Å². The lowest BCUT2D eigenvalue weighted by molar-refractivity contribution is -0.133. The van der Waals surface area contributed by atoms with Gasteiger partial charge >= 0.3 is 5.97 Å². The number of likely N-dealkylation sites (N-methyl/N-ethyl adjacent to an activating group) is 1. The second-order valence-corrected chi connectivity index (χ2v) is 5.47. The third-order valence-electron chi connectivity index (χ3n) is 3.44. The lowest BCUT2D eigenvalue weighted by Gasteiger charge is -2.18. The zero-order valence-electron chi connectivity index (χ0n) is 13.6. The molecule has 0 bridgehead atoms. The number of esters is 1. The number of nitrogens with zero attached hydrogens (tertiary/aromatic N) is 2. The SMILES string of the molecule is CN(Cc1ccc(N(C)C)cc1)C(=O)COC(=O)c1ccc[nH]1. The second-order valence-electron chi connectivity index (χ2n) is 5.47. The van der Waals surface area contributed by atoms with E-state index in [9.17, 15) is 9.59 Å². The molecule has 0 aliphatic heterocycles. The van der Waals surface area contributed by atoms with Crippen molar-refractivity contribution in [3.63, 3.8) is 0 Å². The van der Waals surface area contributed by atoms with E-state index in [-0.39, 0.29) is 12.5 Å². The molecule has 1 N–H and O–H groups in total. The Hall–Kier alpha value is -2.76. The van der Waals surface area contributed by atoms with Gasteiger partial charge in [-0.3, -0.25) is 4.79 Å². The van der Waals surface area contributed by atoms with E-state index >= 15 is 0 Å². The number of hydrogen-bond acceptors (Lipinski definition) is 4. The zero-order chi connectivity index (χ0) is 16.8. The molecule has 122 valence electrons. The monoisotopic (exact) mass is 315 g/mol. The summed E-state index contributed by atoms with van der Waals surface area (Å²) < 4.78 is 4.99. The first-order valence-electron chi connectivity index (χ1n) is 7.28. The summed E-state index contributed by atoms with van der Waals surface area (Å²) in [7, 11) is 5.64. The van der Waals surface area contributed by atoms with Crippen molar-refractivity contribution in [3.05, 3.63) is 53.9 Å². The van der Waals surface area contributed by atoms with E-state index in [4.69, 9.17) is 4.74 Å². The van der Waals surface area contributed by atoms with Crippen LogP contribution in [0.25, 0.3) is 0 Å². The Labute approximate surface area is 135 Å². The fourth-order valence-corrected chi connectivity index (χ4v) is 2.03. The summed E-state index contributed by atoms with van der Waals surface area (Å²) in [5.74, 6) is -0.784. The Morgan fingerprint density at radius 2 is 1.78 bits per heavy atom. The molecule has 1 aromatic carbocycles. The summed E-state index contributed by atoms with van der Waals surface area (Å²) in [5.41, 5.74) is 2.45. The van der Waals surface area contributed by atoms with Crippen LogP contribution in [0.3, 0.4) is 0 Å². The van der Waals surface area contributed by atoms with E-state index in [0.29, 0.717) is 12.2 Å². The minimum Gasteiger partial charge on any atom is -0.451 e. The van der Waals surface area contributed by atoms with Crippen LogP contribution in [0.1, 0.15) is 16.1 Å². The van der Waals surface area contributed by atoms with E-state index < -0.39 is 5.97 Å². The maximum Gasteiger partial charge on any atom is 0.355 e. The van der Waals surface area contributed by atoms with Gasteiger partial charge in [-0.15, -0.1) is 0 Å². The molecular weight excluding hydrogens is 294 g/mol. The molecule has 2 aromatic rings. The molecule has 6 nitrogen and oxygen atoms in total. The number of aromatic amines is 1.